The molecule has 1 N–H and O–H groups in total. The second-order valence-electron chi connectivity index (χ2n) is 4.01. The number of rotatable bonds is 3. The SMILES string of the molecule is CC(=S)N(c1ccccc1)c1ccccc1C(=O)O. The Balaban J connectivity index is 2.59. The van der Waals surface area contributed by atoms with Crippen molar-refractivity contribution in [2.24, 2.45) is 0 Å². The zero-order valence-corrected chi connectivity index (χ0v) is 11.2. The number of carboxylic acids is 1. The number of aromatic carboxylic acids is 1. The van der Waals surface area contributed by atoms with Gasteiger partial charge in [-0.3, -0.25) is 0 Å². The van der Waals surface area contributed by atoms with Crippen molar-refractivity contribution in [3.63, 3.8) is 0 Å². The highest BCUT2D eigenvalue weighted by Crippen LogP contribution is 2.29. The summed E-state index contributed by atoms with van der Waals surface area (Å²) in [5.41, 5.74) is 1.66. The third kappa shape index (κ3) is 2.80. The number of benzene rings is 2. The molecule has 0 heterocycles. The second kappa shape index (κ2) is 5.63. The molecule has 3 nitrogen and oxygen atoms in total. The van der Waals surface area contributed by atoms with E-state index in [2.05, 4.69) is 0 Å². The molecule has 0 amide bonds. The van der Waals surface area contributed by atoms with Crippen molar-refractivity contribution in [1.29, 1.82) is 0 Å². The van der Waals surface area contributed by atoms with E-state index < -0.39 is 5.97 Å². The molecule has 19 heavy (non-hydrogen) atoms. The van der Waals surface area contributed by atoms with Crippen LogP contribution >= 0.6 is 12.2 Å². The summed E-state index contributed by atoms with van der Waals surface area (Å²) in [6.07, 6.45) is 0. The fourth-order valence-electron chi connectivity index (χ4n) is 1.92. The summed E-state index contributed by atoms with van der Waals surface area (Å²) in [7, 11) is 0. The van der Waals surface area contributed by atoms with Crippen LogP contribution in [-0.2, 0) is 0 Å². The van der Waals surface area contributed by atoms with E-state index in [4.69, 9.17) is 12.2 Å². The van der Waals surface area contributed by atoms with Gasteiger partial charge in [0.2, 0.25) is 0 Å². The Hall–Kier alpha value is -2.20. The maximum absolute atomic E-state index is 11.3. The first-order valence-electron chi connectivity index (χ1n) is 5.79. The lowest BCUT2D eigenvalue weighted by Gasteiger charge is -2.25. The number of hydrogen-bond acceptors (Lipinski definition) is 2. The summed E-state index contributed by atoms with van der Waals surface area (Å²) in [5.74, 6) is -0.965. The fourth-order valence-corrected chi connectivity index (χ4v) is 2.12. The summed E-state index contributed by atoms with van der Waals surface area (Å²) in [5, 5.41) is 9.27. The standard InChI is InChI=1S/C15H13NO2S/c1-11(19)16(12-7-3-2-4-8-12)14-10-6-5-9-13(14)15(17)18/h2-10H,1H3,(H,17,18). The molecule has 0 aromatic heterocycles. The molecule has 2 aromatic carbocycles. The average Bonchev–Trinajstić information content (AvgIpc) is 2.40. The Labute approximate surface area is 117 Å². The van der Waals surface area contributed by atoms with Crippen LogP contribution < -0.4 is 4.90 Å². The highest BCUT2D eigenvalue weighted by molar-refractivity contribution is 7.80. The van der Waals surface area contributed by atoms with Crippen LogP contribution in [0.4, 0.5) is 11.4 Å². The van der Waals surface area contributed by atoms with Crippen LogP contribution in [0.25, 0.3) is 0 Å². The number of para-hydroxylation sites is 2. The third-order valence-corrected chi connectivity index (χ3v) is 2.89. The number of thiocarbonyl (C=S) groups is 1. The molecule has 2 aromatic rings. The molecular weight excluding hydrogens is 258 g/mol. The van der Waals surface area contributed by atoms with Gasteiger partial charge in [0.15, 0.2) is 0 Å². The van der Waals surface area contributed by atoms with Gasteiger partial charge in [0.25, 0.3) is 0 Å². The molecule has 2 rings (SSSR count). The minimum Gasteiger partial charge on any atom is -0.478 e. The predicted octanol–water partition coefficient (Wildman–Crippen LogP) is 3.87. The van der Waals surface area contributed by atoms with E-state index in [1.165, 1.54) is 0 Å². The fraction of sp³-hybridized carbons (Fsp3) is 0.0667. The van der Waals surface area contributed by atoms with Gasteiger partial charge < -0.3 is 10.0 Å². The maximum atomic E-state index is 11.3. The van der Waals surface area contributed by atoms with Crippen molar-refractivity contribution in [2.45, 2.75) is 6.92 Å². The molecule has 0 radical (unpaired) electrons. The van der Waals surface area contributed by atoms with E-state index in [-0.39, 0.29) is 5.56 Å². The van der Waals surface area contributed by atoms with Crippen molar-refractivity contribution >= 4 is 34.6 Å². The van der Waals surface area contributed by atoms with Gasteiger partial charge in [0.05, 0.1) is 16.2 Å². The first-order valence-corrected chi connectivity index (χ1v) is 6.20. The smallest absolute Gasteiger partial charge is 0.337 e. The summed E-state index contributed by atoms with van der Waals surface area (Å²) < 4.78 is 0. The van der Waals surface area contributed by atoms with Gasteiger partial charge in [-0.2, -0.15) is 0 Å². The molecule has 0 aliphatic carbocycles. The summed E-state index contributed by atoms with van der Waals surface area (Å²) in [6.45, 7) is 1.78. The van der Waals surface area contributed by atoms with Gasteiger partial charge in [-0.05, 0) is 31.2 Å². The van der Waals surface area contributed by atoms with Gasteiger partial charge in [-0.25, -0.2) is 4.79 Å². The third-order valence-electron chi connectivity index (χ3n) is 2.70. The normalized spacial score (nSPS) is 9.95. The van der Waals surface area contributed by atoms with E-state index in [0.29, 0.717) is 10.7 Å². The minimum atomic E-state index is -0.965. The Morgan fingerprint density at radius 3 is 2.21 bits per heavy atom. The highest BCUT2D eigenvalue weighted by Gasteiger charge is 2.18. The Morgan fingerprint density at radius 2 is 1.63 bits per heavy atom. The number of nitrogens with zero attached hydrogens (tertiary/aromatic N) is 1. The molecule has 0 spiro atoms. The topological polar surface area (TPSA) is 40.5 Å². The average molecular weight is 271 g/mol. The molecule has 0 atom stereocenters. The Kier molecular flexibility index (Phi) is 3.92. The van der Waals surface area contributed by atoms with Gasteiger partial charge in [0.1, 0.15) is 0 Å². The Bertz CT molecular complexity index is 611. The van der Waals surface area contributed by atoms with Crippen LogP contribution in [0.3, 0.4) is 0 Å². The predicted molar refractivity (Wildman–Crippen MR) is 80.3 cm³/mol. The molecule has 0 bridgehead atoms. The van der Waals surface area contributed by atoms with E-state index in [9.17, 15) is 9.90 Å². The van der Waals surface area contributed by atoms with Crippen molar-refractivity contribution in [3.8, 4) is 0 Å². The lowest BCUT2D eigenvalue weighted by Crippen LogP contribution is -2.23. The van der Waals surface area contributed by atoms with Gasteiger partial charge in [-0.1, -0.05) is 42.5 Å². The summed E-state index contributed by atoms with van der Waals surface area (Å²) >= 11 is 5.26. The monoisotopic (exact) mass is 271 g/mol. The van der Waals surface area contributed by atoms with Gasteiger partial charge in [-0.15, -0.1) is 0 Å². The molecule has 0 unspecified atom stereocenters. The van der Waals surface area contributed by atoms with E-state index >= 15 is 0 Å². The van der Waals surface area contributed by atoms with Gasteiger partial charge >= 0.3 is 5.97 Å². The summed E-state index contributed by atoms with van der Waals surface area (Å²) in [4.78, 5) is 13.7. The quantitative estimate of drug-likeness (QED) is 0.860. The van der Waals surface area contributed by atoms with Crippen LogP contribution in [0.2, 0.25) is 0 Å². The van der Waals surface area contributed by atoms with E-state index in [1.807, 2.05) is 30.3 Å². The lowest BCUT2D eigenvalue weighted by molar-refractivity contribution is 0.0698. The first-order chi connectivity index (χ1) is 9.11. The zero-order chi connectivity index (χ0) is 13.8. The molecule has 0 saturated heterocycles. The van der Waals surface area contributed by atoms with E-state index in [1.54, 1.807) is 36.1 Å². The minimum absolute atomic E-state index is 0.232. The first kappa shape index (κ1) is 13.2. The molecule has 4 heteroatoms. The number of hydrogen-bond donors (Lipinski definition) is 1. The number of anilines is 2. The largest absolute Gasteiger partial charge is 0.478 e. The van der Waals surface area contributed by atoms with Crippen molar-refractivity contribution < 1.29 is 9.90 Å². The molecule has 0 fully saturated rings. The molecule has 96 valence electrons. The van der Waals surface area contributed by atoms with Crippen molar-refractivity contribution in [2.75, 3.05) is 4.90 Å². The lowest BCUT2D eigenvalue weighted by atomic mass is 10.1. The van der Waals surface area contributed by atoms with Crippen molar-refractivity contribution in [1.82, 2.24) is 0 Å². The number of carboxylic acid groups (broad SMARTS) is 1. The van der Waals surface area contributed by atoms with Gasteiger partial charge in [0, 0.05) is 5.69 Å². The summed E-state index contributed by atoms with van der Waals surface area (Å²) in [6, 6.07) is 16.3. The molecule has 0 aliphatic heterocycles. The van der Waals surface area contributed by atoms with Crippen LogP contribution in [-0.4, -0.2) is 16.1 Å². The van der Waals surface area contributed by atoms with Crippen LogP contribution in [0, 0.1) is 0 Å². The molecule has 0 aliphatic rings. The second-order valence-corrected chi connectivity index (χ2v) is 4.60. The van der Waals surface area contributed by atoms with Crippen LogP contribution in [0.5, 0.6) is 0 Å². The number of carbonyl (C=O) groups is 1. The molecular formula is C15H13NO2S. The zero-order valence-electron chi connectivity index (χ0n) is 10.4. The van der Waals surface area contributed by atoms with Crippen LogP contribution in [0.1, 0.15) is 17.3 Å². The molecule has 0 saturated carbocycles. The van der Waals surface area contributed by atoms with Crippen LogP contribution in [0.15, 0.2) is 54.6 Å². The Morgan fingerprint density at radius 1 is 1.05 bits per heavy atom. The maximum Gasteiger partial charge on any atom is 0.337 e. The highest BCUT2D eigenvalue weighted by atomic mass is 32.1. The van der Waals surface area contributed by atoms with Crippen molar-refractivity contribution in [3.05, 3.63) is 60.2 Å². The van der Waals surface area contributed by atoms with E-state index in [0.717, 1.165) is 5.69 Å².